The molecule has 0 unspecified atom stereocenters. The van der Waals surface area contributed by atoms with Crippen LogP contribution in [-0.4, -0.2) is 50.6 Å². The molecule has 2 rings (SSSR count). The van der Waals surface area contributed by atoms with Crippen LogP contribution < -0.4 is 10.6 Å². The van der Waals surface area contributed by atoms with Gasteiger partial charge in [-0.1, -0.05) is 26.0 Å². The highest BCUT2D eigenvalue weighted by atomic mass is 127. The van der Waals surface area contributed by atoms with Gasteiger partial charge in [0.1, 0.15) is 0 Å². The lowest BCUT2D eigenvalue weighted by atomic mass is 10.1. The van der Waals surface area contributed by atoms with Gasteiger partial charge in [0.25, 0.3) is 0 Å². The molecule has 1 aromatic carbocycles. The van der Waals surface area contributed by atoms with Gasteiger partial charge < -0.3 is 20.3 Å². The van der Waals surface area contributed by atoms with E-state index in [2.05, 4.69) is 20.5 Å². The van der Waals surface area contributed by atoms with E-state index in [1.165, 1.54) is 12.8 Å². The highest BCUT2D eigenvalue weighted by molar-refractivity contribution is 14.0. The minimum absolute atomic E-state index is 0. The number of halogens is 1. The van der Waals surface area contributed by atoms with Crippen LogP contribution in [0.25, 0.3) is 0 Å². The minimum atomic E-state index is -0.0246. The molecule has 0 radical (unpaired) electrons. The molecular formula is C20H33IN4O2. The molecule has 7 heteroatoms. The summed E-state index contributed by atoms with van der Waals surface area (Å²) in [6.45, 7) is 6.86. The van der Waals surface area contributed by atoms with E-state index < -0.39 is 0 Å². The monoisotopic (exact) mass is 488 g/mol. The lowest BCUT2D eigenvalue weighted by molar-refractivity contribution is -0.118. The minimum Gasteiger partial charge on any atom is -0.379 e. The molecule has 0 saturated heterocycles. The van der Waals surface area contributed by atoms with Crippen LogP contribution >= 0.6 is 24.0 Å². The van der Waals surface area contributed by atoms with Crippen molar-refractivity contribution < 1.29 is 9.53 Å². The zero-order chi connectivity index (χ0) is 18.9. The third kappa shape index (κ3) is 8.92. The summed E-state index contributed by atoms with van der Waals surface area (Å²) in [7, 11) is 3.80. The molecule has 2 N–H and O–H groups in total. The Bertz CT molecular complexity index is 601. The summed E-state index contributed by atoms with van der Waals surface area (Å²) in [6.07, 6.45) is 2.64. The Labute approximate surface area is 180 Å². The number of carbonyl (C=O) groups is 1. The van der Waals surface area contributed by atoms with Gasteiger partial charge in [-0.3, -0.25) is 9.79 Å². The van der Waals surface area contributed by atoms with Gasteiger partial charge in [-0.05, 0) is 36.5 Å². The molecule has 1 aromatic rings. The first-order chi connectivity index (χ1) is 12.5. The smallest absolute Gasteiger partial charge is 0.226 e. The summed E-state index contributed by atoms with van der Waals surface area (Å²) in [5, 5.41) is 6.26. The Balaban J connectivity index is 0.00000364. The molecule has 27 heavy (non-hydrogen) atoms. The van der Waals surface area contributed by atoms with E-state index in [4.69, 9.17) is 4.74 Å². The highest BCUT2D eigenvalue weighted by Gasteiger charge is 2.21. The zero-order valence-corrected chi connectivity index (χ0v) is 19.2. The second-order valence-electron chi connectivity index (χ2n) is 7.18. The van der Waals surface area contributed by atoms with Gasteiger partial charge in [-0.2, -0.15) is 0 Å². The molecule has 0 aliphatic heterocycles. The highest BCUT2D eigenvalue weighted by Crippen LogP contribution is 2.28. The predicted octanol–water partition coefficient (Wildman–Crippen LogP) is 3.33. The average Bonchev–Trinajstić information content (AvgIpc) is 3.45. The maximum absolute atomic E-state index is 11.7. The molecule has 1 aliphatic rings. The predicted molar refractivity (Wildman–Crippen MR) is 122 cm³/mol. The summed E-state index contributed by atoms with van der Waals surface area (Å²) in [5.74, 6) is 1.65. The second kappa shape index (κ2) is 12.2. The number of nitrogens with zero attached hydrogens (tertiary/aromatic N) is 2. The maximum Gasteiger partial charge on any atom is 0.226 e. The maximum atomic E-state index is 11.7. The first-order valence-electron chi connectivity index (χ1n) is 9.39. The van der Waals surface area contributed by atoms with Crippen molar-refractivity contribution in [3.8, 4) is 0 Å². The average molecular weight is 488 g/mol. The molecule has 0 aromatic heterocycles. The number of aliphatic imine (C=N–C) groups is 1. The second-order valence-corrected chi connectivity index (χ2v) is 7.18. The Morgan fingerprint density at radius 3 is 2.52 bits per heavy atom. The SMILES string of the molecule is CN=C(NCc1ccc(NC(=O)C(C)C)cc1)N(C)CCOCC1CC1.I. The van der Waals surface area contributed by atoms with E-state index in [1.807, 2.05) is 45.2 Å². The van der Waals surface area contributed by atoms with E-state index in [0.717, 1.165) is 42.9 Å². The number of ether oxygens (including phenoxy) is 1. The summed E-state index contributed by atoms with van der Waals surface area (Å²) >= 11 is 0. The summed E-state index contributed by atoms with van der Waals surface area (Å²) in [5.41, 5.74) is 1.95. The fourth-order valence-corrected chi connectivity index (χ4v) is 2.40. The molecule has 0 spiro atoms. The fraction of sp³-hybridized carbons (Fsp3) is 0.600. The van der Waals surface area contributed by atoms with Crippen LogP contribution in [0.2, 0.25) is 0 Å². The van der Waals surface area contributed by atoms with Crippen molar-refractivity contribution in [2.45, 2.75) is 33.2 Å². The molecule has 0 atom stereocenters. The topological polar surface area (TPSA) is 66.0 Å². The largest absolute Gasteiger partial charge is 0.379 e. The van der Waals surface area contributed by atoms with Crippen LogP contribution in [0.1, 0.15) is 32.3 Å². The Morgan fingerprint density at radius 2 is 1.96 bits per heavy atom. The standard InChI is InChI=1S/C20H32N4O2.HI/c1-15(2)19(25)23-18-9-7-16(8-10-18)13-22-20(21-3)24(4)11-12-26-14-17-5-6-17;/h7-10,15,17H,5-6,11-14H2,1-4H3,(H,21,22)(H,23,25);1H. The van der Waals surface area contributed by atoms with E-state index in [0.29, 0.717) is 6.54 Å². The number of nitrogens with one attached hydrogen (secondary N) is 2. The van der Waals surface area contributed by atoms with Crippen LogP contribution in [0.5, 0.6) is 0 Å². The summed E-state index contributed by atoms with van der Waals surface area (Å²) < 4.78 is 5.69. The van der Waals surface area contributed by atoms with Gasteiger partial charge in [0, 0.05) is 45.4 Å². The van der Waals surface area contributed by atoms with Crippen LogP contribution in [0.3, 0.4) is 0 Å². The number of rotatable bonds is 9. The number of guanidine groups is 1. The Hall–Kier alpha value is -1.35. The molecule has 1 saturated carbocycles. The van der Waals surface area contributed by atoms with Crippen molar-refractivity contribution in [2.24, 2.45) is 16.8 Å². The van der Waals surface area contributed by atoms with E-state index in [9.17, 15) is 4.79 Å². The van der Waals surface area contributed by atoms with E-state index in [-0.39, 0.29) is 35.8 Å². The first kappa shape index (κ1) is 23.7. The van der Waals surface area contributed by atoms with Gasteiger partial charge in [-0.15, -0.1) is 24.0 Å². The molecule has 1 amide bonds. The van der Waals surface area contributed by atoms with Crippen molar-refractivity contribution in [2.75, 3.05) is 39.2 Å². The van der Waals surface area contributed by atoms with E-state index >= 15 is 0 Å². The number of anilines is 1. The third-order valence-corrected chi connectivity index (χ3v) is 4.39. The van der Waals surface area contributed by atoms with Crippen molar-refractivity contribution in [3.05, 3.63) is 29.8 Å². The van der Waals surface area contributed by atoms with Crippen molar-refractivity contribution in [1.29, 1.82) is 0 Å². The molecular weight excluding hydrogens is 455 g/mol. The van der Waals surface area contributed by atoms with Gasteiger partial charge in [0.15, 0.2) is 5.96 Å². The lowest BCUT2D eigenvalue weighted by Crippen LogP contribution is -2.40. The molecule has 0 heterocycles. The zero-order valence-electron chi connectivity index (χ0n) is 16.8. The van der Waals surface area contributed by atoms with Crippen LogP contribution in [0.4, 0.5) is 5.69 Å². The van der Waals surface area contributed by atoms with Crippen molar-refractivity contribution >= 4 is 41.5 Å². The lowest BCUT2D eigenvalue weighted by Gasteiger charge is -2.22. The molecule has 1 fully saturated rings. The quantitative estimate of drug-likeness (QED) is 0.242. The summed E-state index contributed by atoms with van der Waals surface area (Å²) in [4.78, 5) is 18.1. The van der Waals surface area contributed by atoms with E-state index in [1.54, 1.807) is 7.05 Å². The third-order valence-electron chi connectivity index (χ3n) is 4.39. The number of benzene rings is 1. The van der Waals surface area contributed by atoms with Gasteiger partial charge >= 0.3 is 0 Å². The van der Waals surface area contributed by atoms with Gasteiger partial charge in [-0.25, -0.2) is 0 Å². The fourth-order valence-electron chi connectivity index (χ4n) is 2.40. The molecule has 152 valence electrons. The first-order valence-corrected chi connectivity index (χ1v) is 9.39. The van der Waals surface area contributed by atoms with Crippen LogP contribution in [0, 0.1) is 11.8 Å². The number of hydrogen-bond donors (Lipinski definition) is 2. The van der Waals surface area contributed by atoms with Gasteiger partial charge in [0.2, 0.25) is 5.91 Å². The summed E-state index contributed by atoms with van der Waals surface area (Å²) in [6, 6.07) is 7.87. The Morgan fingerprint density at radius 1 is 1.30 bits per heavy atom. The molecule has 1 aliphatic carbocycles. The number of amides is 1. The Kier molecular flexibility index (Phi) is 10.7. The normalized spacial score (nSPS) is 13.9. The van der Waals surface area contributed by atoms with Crippen LogP contribution in [-0.2, 0) is 16.1 Å². The molecule has 0 bridgehead atoms. The number of likely N-dealkylation sites (N-methyl/N-ethyl adjacent to an activating group) is 1. The van der Waals surface area contributed by atoms with Crippen molar-refractivity contribution in [3.63, 3.8) is 0 Å². The van der Waals surface area contributed by atoms with Crippen LogP contribution in [0.15, 0.2) is 29.3 Å². The van der Waals surface area contributed by atoms with Gasteiger partial charge in [0.05, 0.1) is 6.61 Å². The number of carbonyl (C=O) groups excluding carboxylic acids is 1. The number of hydrogen-bond acceptors (Lipinski definition) is 3. The van der Waals surface area contributed by atoms with Crippen molar-refractivity contribution in [1.82, 2.24) is 10.2 Å². The molecule has 6 nitrogen and oxygen atoms in total.